The normalized spacial score (nSPS) is 11.9. The van der Waals surface area contributed by atoms with Gasteiger partial charge >= 0.3 is 0 Å². The second-order valence-electron chi connectivity index (χ2n) is 3.87. The molecule has 0 aliphatic rings. The first-order valence-electron chi connectivity index (χ1n) is 4.43. The molecule has 1 N–H and O–H groups in total. The standard InChI is InChI=1S/C11H15FOS/c1-7-5-8(11(2,3)13)6-9(14-4)10(7)12/h5-6,13H,1-4H3. The molecule has 0 aromatic heterocycles. The number of aliphatic hydroxyl groups is 1. The van der Waals surface area contributed by atoms with Crippen molar-refractivity contribution in [2.75, 3.05) is 6.26 Å². The summed E-state index contributed by atoms with van der Waals surface area (Å²) < 4.78 is 13.5. The van der Waals surface area contributed by atoms with E-state index in [9.17, 15) is 9.50 Å². The topological polar surface area (TPSA) is 20.2 Å². The lowest BCUT2D eigenvalue weighted by Gasteiger charge is -2.19. The average molecular weight is 214 g/mol. The van der Waals surface area contributed by atoms with Crippen LogP contribution in [0.5, 0.6) is 0 Å². The quantitative estimate of drug-likeness (QED) is 0.763. The van der Waals surface area contributed by atoms with E-state index in [1.807, 2.05) is 6.26 Å². The third-order valence-electron chi connectivity index (χ3n) is 2.15. The van der Waals surface area contributed by atoms with E-state index < -0.39 is 5.60 Å². The first-order chi connectivity index (χ1) is 6.36. The van der Waals surface area contributed by atoms with Crippen LogP contribution in [0.25, 0.3) is 0 Å². The third-order valence-corrected chi connectivity index (χ3v) is 2.88. The van der Waals surface area contributed by atoms with Crippen LogP contribution in [0.3, 0.4) is 0 Å². The monoisotopic (exact) mass is 214 g/mol. The highest BCUT2D eigenvalue weighted by Gasteiger charge is 2.18. The van der Waals surface area contributed by atoms with E-state index in [0.29, 0.717) is 10.5 Å². The molecular formula is C11H15FOS. The van der Waals surface area contributed by atoms with E-state index in [-0.39, 0.29) is 5.82 Å². The van der Waals surface area contributed by atoms with Gasteiger partial charge < -0.3 is 5.11 Å². The Labute approximate surface area is 88.3 Å². The molecule has 3 heteroatoms. The molecule has 0 saturated heterocycles. The molecule has 0 atom stereocenters. The fraction of sp³-hybridized carbons (Fsp3) is 0.455. The van der Waals surface area contributed by atoms with Crippen LogP contribution in [0.2, 0.25) is 0 Å². The molecule has 78 valence electrons. The van der Waals surface area contributed by atoms with Crippen molar-refractivity contribution >= 4 is 11.8 Å². The Morgan fingerprint density at radius 3 is 2.36 bits per heavy atom. The summed E-state index contributed by atoms with van der Waals surface area (Å²) in [6.45, 7) is 5.11. The van der Waals surface area contributed by atoms with Crippen LogP contribution in [-0.4, -0.2) is 11.4 Å². The molecule has 0 heterocycles. The van der Waals surface area contributed by atoms with Crippen LogP contribution in [0.1, 0.15) is 25.0 Å². The van der Waals surface area contributed by atoms with Crippen molar-refractivity contribution in [3.8, 4) is 0 Å². The summed E-state index contributed by atoms with van der Waals surface area (Å²) in [5.41, 5.74) is 0.415. The molecule has 0 aliphatic heterocycles. The van der Waals surface area contributed by atoms with Gasteiger partial charge in [-0.15, -0.1) is 11.8 Å². The highest BCUT2D eigenvalue weighted by molar-refractivity contribution is 7.98. The maximum atomic E-state index is 13.5. The van der Waals surface area contributed by atoms with Crippen LogP contribution in [0.15, 0.2) is 17.0 Å². The molecule has 14 heavy (non-hydrogen) atoms. The first kappa shape index (κ1) is 11.5. The number of benzene rings is 1. The SMILES string of the molecule is CSc1cc(C(C)(C)O)cc(C)c1F. The predicted molar refractivity (Wildman–Crippen MR) is 58.2 cm³/mol. The minimum Gasteiger partial charge on any atom is -0.386 e. The summed E-state index contributed by atoms with van der Waals surface area (Å²) in [6, 6.07) is 3.39. The third kappa shape index (κ3) is 2.28. The molecular weight excluding hydrogens is 199 g/mol. The summed E-state index contributed by atoms with van der Waals surface area (Å²) >= 11 is 1.35. The van der Waals surface area contributed by atoms with E-state index >= 15 is 0 Å². The maximum absolute atomic E-state index is 13.5. The van der Waals surface area contributed by atoms with Gasteiger partial charge in [0.05, 0.1) is 5.60 Å². The number of halogens is 1. The minimum absolute atomic E-state index is 0.189. The van der Waals surface area contributed by atoms with Crippen LogP contribution < -0.4 is 0 Å². The van der Waals surface area contributed by atoms with E-state index in [0.717, 1.165) is 5.56 Å². The van der Waals surface area contributed by atoms with E-state index in [2.05, 4.69) is 0 Å². The summed E-state index contributed by atoms with van der Waals surface area (Å²) in [5, 5.41) is 9.79. The van der Waals surface area contributed by atoms with Gasteiger partial charge in [-0.3, -0.25) is 0 Å². The Balaban J connectivity index is 3.30. The second-order valence-corrected chi connectivity index (χ2v) is 4.72. The molecule has 0 radical (unpaired) electrons. The molecule has 1 rings (SSSR count). The van der Waals surface area contributed by atoms with Crippen LogP contribution in [0, 0.1) is 12.7 Å². The van der Waals surface area contributed by atoms with E-state index in [1.165, 1.54) is 11.8 Å². The van der Waals surface area contributed by atoms with Gasteiger partial charge in [0.15, 0.2) is 0 Å². The summed E-state index contributed by atoms with van der Waals surface area (Å²) in [4.78, 5) is 0.585. The van der Waals surface area contributed by atoms with Gasteiger partial charge in [0, 0.05) is 4.90 Å². The van der Waals surface area contributed by atoms with Gasteiger partial charge in [-0.1, -0.05) is 6.07 Å². The van der Waals surface area contributed by atoms with Crippen molar-refractivity contribution < 1.29 is 9.50 Å². The van der Waals surface area contributed by atoms with Gasteiger partial charge in [-0.05, 0) is 44.2 Å². The molecule has 0 bridgehead atoms. The zero-order valence-electron chi connectivity index (χ0n) is 8.89. The van der Waals surface area contributed by atoms with Gasteiger partial charge in [-0.25, -0.2) is 4.39 Å². The predicted octanol–water partition coefficient (Wildman–Crippen LogP) is 3.08. The molecule has 0 aliphatic carbocycles. The smallest absolute Gasteiger partial charge is 0.139 e. The molecule has 0 fully saturated rings. The highest BCUT2D eigenvalue weighted by atomic mass is 32.2. The lowest BCUT2D eigenvalue weighted by Crippen LogP contribution is -2.16. The Hall–Kier alpha value is -0.540. The number of thioether (sulfide) groups is 1. The lowest BCUT2D eigenvalue weighted by atomic mass is 9.97. The Kier molecular flexibility index (Phi) is 3.22. The molecule has 0 amide bonds. The van der Waals surface area contributed by atoms with Crippen molar-refractivity contribution in [3.63, 3.8) is 0 Å². The number of hydrogen-bond acceptors (Lipinski definition) is 2. The molecule has 0 unspecified atom stereocenters. The summed E-state index contributed by atoms with van der Waals surface area (Å²) in [7, 11) is 0. The van der Waals surface area contributed by atoms with Crippen molar-refractivity contribution in [1.82, 2.24) is 0 Å². The summed E-state index contributed by atoms with van der Waals surface area (Å²) in [5.74, 6) is -0.189. The van der Waals surface area contributed by atoms with E-state index in [4.69, 9.17) is 0 Å². The highest BCUT2D eigenvalue weighted by Crippen LogP contribution is 2.29. The number of aryl methyl sites for hydroxylation is 1. The zero-order chi connectivity index (χ0) is 10.9. The van der Waals surface area contributed by atoms with E-state index in [1.54, 1.807) is 32.9 Å². The first-order valence-corrected chi connectivity index (χ1v) is 5.65. The minimum atomic E-state index is -0.914. The number of hydrogen-bond donors (Lipinski definition) is 1. The summed E-state index contributed by atoms with van der Waals surface area (Å²) in [6.07, 6.45) is 1.83. The zero-order valence-corrected chi connectivity index (χ0v) is 9.70. The van der Waals surface area contributed by atoms with Crippen molar-refractivity contribution in [3.05, 3.63) is 29.1 Å². The van der Waals surface area contributed by atoms with Crippen molar-refractivity contribution in [2.45, 2.75) is 31.3 Å². The largest absolute Gasteiger partial charge is 0.386 e. The molecule has 0 spiro atoms. The van der Waals surface area contributed by atoms with Gasteiger partial charge in [-0.2, -0.15) is 0 Å². The van der Waals surface area contributed by atoms with Crippen molar-refractivity contribution in [1.29, 1.82) is 0 Å². The molecule has 0 saturated carbocycles. The Morgan fingerprint density at radius 2 is 1.93 bits per heavy atom. The van der Waals surface area contributed by atoms with Crippen molar-refractivity contribution in [2.24, 2.45) is 0 Å². The van der Waals surface area contributed by atoms with Crippen LogP contribution in [0.4, 0.5) is 4.39 Å². The number of rotatable bonds is 2. The fourth-order valence-corrected chi connectivity index (χ4v) is 1.82. The van der Waals surface area contributed by atoms with Gasteiger partial charge in [0.2, 0.25) is 0 Å². The Morgan fingerprint density at radius 1 is 1.36 bits per heavy atom. The fourth-order valence-electron chi connectivity index (χ4n) is 1.24. The van der Waals surface area contributed by atoms with Crippen LogP contribution in [-0.2, 0) is 5.60 Å². The molecule has 1 aromatic rings. The van der Waals surface area contributed by atoms with Gasteiger partial charge in [0.25, 0.3) is 0 Å². The molecule has 1 nitrogen and oxygen atoms in total. The lowest BCUT2D eigenvalue weighted by molar-refractivity contribution is 0.0782. The van der Waals surface area contributed by atoms with Gasteiger partial charge in [0.1, 0.15) is 5.82 Å². The second kappa shape index (κ2) is 3.91. The average Bonchev–Trinajstić information content (AvgIpc) is 2.07. The van der Waals surface area contributed by atoms with Crippen LogP contribution >= 0.6 is 11.8 Å². The molecule has 1 aromatic carbocycles. The maximum Gasteiger partial charge on any atom is 0.139 e. The Bertz CT molecular complexity index is 342.